The van der Waals surface area contributed by atoms with Crippen molar-refractivity contribution in [1.29, 1.82) is 0 Å². The molecule has 5 rings (SSSR count). The van der Waals surface area contributed by atoms with Gasteiger partial charge in [-0.2, -0.15) is 0 Å². The molecule has 0 bridgehead atoms. The van der Waals surface area contributed by atoms with Gasteiger partial charge < -0.3 is 14.1 Å². The molecule has 1 amide bonds. The zero-order chi connectivity index (χ0) is 24.2. The van der Waals surface area contributed by atoms with E-state index in [-0.39, 0.29) is 17.7 Å². The number of aromatic nitrogens is 1. The van der Waals surface area contributed by atoms with Crippen LogP contribution in [0.25, 0.3) is 21.2 Å². The quantitative estimate of drug-likeness (QED) is 0.233. The first-order valence-electron chi connectivity index (χ1n) is 12.1. The summed E-state index contributed by atoms with van der Waals surface area (Å²) in [7, 11) is 0. The normalized spacial score (nSPS) is 15.7. The van der Waals surface area contributed by atoms with Gasteiger partial charge in [-0.15, -0.1) is 17.9 Å². The van der Waals surface area contributed by atoms with Gasteiger partial charge in [-0.3, -0.25) is 4.79 Å². The predicted molar refractivity (Wildman–Crippen MR) is 139 cm³/mol. The molecule has 180 valence electrons. The van der Waals surface area contributed by atoms with E-state index >= 15 is 0 Å². The third kappa shape index (κ3) is 5.15. The van der Waals surface area contributed by atoms with Gasteiger partial charge in [0.2, 0.25) is 5.91 Å². The molecule has 3 heterocycles. The lowest BCUT2D eigenvalue weighted by atomic mass is 9.88. The maximum Gasteiger partial charge on any atom is 0.336 e. The molecule has 7 heteroatoms. The number of carbonyl (C=O) groups excluding carboxylic acids is 1. The van der Waals surface area contributed by atoms with Gasteiger partial charge in [-0.25, -0.2) is 9.78 Å². The van der Waals surface area contributed by atoms with Crippen LogP contribution in [0.15, 0.2) is 76.5 Å². The molecular formula is C28H28N2O4S. The molecule has 4 aromatic rings. The number of ether oxygens (including phenoxy) is 1. The Morgan fingerprint density at radius 1 is 1.14 bits per heavy atom. The van der Waals surface area contributed by atoms with E-state index in [1.807, 2.05) is 47.4 Å². The monoisotopic (exact) mass is 488 g/mol. The lowest BCUT2D eigenvalue weighted by molar-refractivity contribution is -0.134. The Kier molecular flexibility index (Phi) is 6.95. The van der Waals surface area contributed by atoms with Crippen molar-refractivity contribution in [2.75, 3.05) is 19.7 Å². The smallest absolute Gasteiger partial charge is 0.336 e. The summed E-state index contributed by atoms with van der Waals surface area (Å²) in [5.41, 5.74) is 1.01. The Morgan fingerprint density at radius 3 is 2.74 bits per heavy atom. The van der Waals surface area contributed by atoms with Crippen LogP contribution in [0.1, 0.15) is 36.6 Å². The van der Waals surface area contributed by atoms with E-state index in [4.69, 9.17) is 14.1 Å². The Morgan fingerprint density at radius 2 is 1.94 bits per heavy atom. The number of hydrogen-bond acceptors (Lipinski definition) is 6. The van der Waals surface area contributed by atoms with E-state index in [1.165, 1.54) is 12.5 Å². The average molecular weight is 489 g/mol. The van der Waals surface area contributed by atoms with Crippen molar-refractivity contribution in [1.82, 2.24) is 9.88 Å². The van der Waals surface area contributed by atoms with Gasteiger partial charge in [0.05, 0.1) is 22.7 Å². The Balaban J connectivity index is 1.36. The minimum atomic E-state index is -0.392. The second kappa shape index (κ2) is 10.4. The van der Waals surface area contributed by atoms with Crippen LogP contribution in [0.2, 0.25) is 0 Å². The summed E-state index contributed by atoms with van der Waals surface area (Å²) in [5, 5.41) is 1.67. The molecule has 2 aromatic carbocycles. The largest absolute Gasteiger partial charge is 0.493 e. The van der Waals surface area contributed by atoms with Gasteiger partial charge in [0.25, 0.3) is 0 Å². The van der Waals surface area contributed by atoms with Crippen LogP contribution in [-0.2, 0) is 4.79 Å². The summed E-state index contributed by atoms with van der Waals surface area (Å²) in [5.74, 6) is 0.235. The van der Waals surface area contributed by atoms with E-state index in [2.05, 4.69) is 6.58 Å². The molecule has 1 aliphatic heterocycles. The van der Waals surface area contributed by atoms with Crippen LogP contribution in [0, 0.1) is 5.92 Å². The minimum Gasteiger partial charge on any atom is -0.493 e. The number of amides is 1. The maximum absolute atomic E-state index is 13.7. The molecule has 1 saturated heterocycles. The number of benzene rings is 2. The average Bonchev–Trinajstić information content (AvgIpc) is 3.31. The highest BCUT2D eigenvalue weighted by molar-refractivity contribution is 7.18. The van der Waals surface area contributed by atoms with Crippen LogP contribution in [-0.4, -0.2) is 35.5 Å². The fourth-order valence-electron chi connectivity index (χ4n) is 4.67. The fraction of sp³-hybridized carbons (Fsp3) is 0.321. The van der Waals surface area contributed by atoms with E-state index in [1.54, 1.807) is 23.5 Å². The van der Waals surface area contributed by atoms with Crippen molar-refractivity contribution in [2.45, 2.75) is 31.6 Å². The highest BCUT2D eigenvalue weighted by Crippen LogP contribution is 2.36. The zero-order valence-electron chi connectivity index (χ0n) is 19.5. The molecule has 0 spiro atoms. The van der Waals surface area contributed by atoms with Gasteiger partial charge in [0.15, 0.2) is 0 Å². The molecular weight excluding hydrogens is 460 g/mol. The summed E-state index contributed by atoms with van der Waals surface area (Å²) in [6, 6.07) is 16.6. The standard InChI is InChI=1S/C28H28N2O4S/c1-2-19(14-17-33-21-12-10-20-11-13-25(31)34-23(20)18-21)26(28(32)30-15-6-3-7-16-30)27-29-22-8-4-5-9-24(22)35-27/h2,4-5,8-13,18-19,26H,1,3,6-7,14-17H2/t19-,26+/m1/s1. The molecule has 35 heavy (non-hydrogen) atoms. The van der Waals surface area contributed by atoms with Gasteiger partial charge in [0.1, 0.15) is 16.3 Å². The summed E-state index contributed by atoms with van der Waals surface area (Å²) in [6.45, 7) is 6.05. The number of rotatable bonds is 8. The molecule has 6 nitrogen and oxygen atoms in total. The minimum absolute atomic E-state index is 0.122. The Bertz CT molecular complexity index is 1370. The lowest BCUT2D eigenvalue weighted by Crippen LogP contribution is -2.41. The summed E-state index contributed by atoms with van der Waals surface area (Å²) < 4.78 is 12.3. The van der Waals surface area contributed by atoms with Crippen LogP contribution in [0.5, 0.6) is 5.75 Å². The number of allylic oxidation sites excluding steroid dienone is 1. The molecule has 0 unspecified atom stereocenters. The zero-order valence-corrected chi connectivity index (χ0v) is 20.3. The number of carbonyl (C=O) groups is 1. The van der Waals surface area contributed by atoms with Gasteiger partial charge >= 0.3 is 5.63 Å². The number of piperidine rings is 1. The molecule has 0 saturated carbocycles. The van der Waals surface area contributed by atoms with Crippen LogP contribution in [0.3, 0.4) is 0 Å². The van der Waals surface area contributed by atoms with Crippen molar-refractivity contribution in [2.24, 2.45) is 5.92 Å². The Hall–Kier alpha value is -3.45. The van der Waals surface area contributed by atoms with Crippen molar-refractivity contribution < 1.29 is 13.9 Å². The van der Waals surface area contributed by atoms with Crippen LogP contribution >= 0.6 is 11.3 Å². The summed E-state index contributed by atoms with van der Waals surface area (Å²) in [4.78, 5) is 32.1. The fourth-order valence-corrected chi connectivity index (χ4v) is 5.81. The predicted octanol–water partition coefficient (Wildman–Crippen LogP) is 5.77. The van der Waals surface area contributed by atoms with Crippen molar-refractivity contribution >= 4 is 38.4 Å². The maximum atomic E-state index is 13.7. The van der Waals surface area contributed by atoms with E-state index < -0.39 is 5.63 Å². The third-order valence-electron chi connectivity index (χ3n) is 6.56. The number of fused-ring (bicyclic) bond motifs is 2. The van der Waals surface area contributed by atoms with Crippen molar-refractivity contribution in [3.05, 3.63) is 82.7 Å². The van der Waals surface area contributed by atoms with Gasteiger partial charge in [-0.1, -0.05) is 18.2 Å². The summed E-state index contributed by atoms with van der Waals surface area (Å²) in [6.07, 6.45) is 5.72. The summed E-state index contributed by atoms with van der Waals surface area (Å²) >= 11 is 1.58. The van der Waals surface area contributed by atoms with Crippen LogP contribution in [0.4, 0.5) is 0 Å². The second-order valence-corrected chi connectivity index (χ2v) is 9.94. The lowest BCUT2D eigenvalue weighted by Gasteiger charge is -2.32. The van der Waals surface area contributed by atoms with Crippen LogP contribution < -0.4 is 10.4 Å². The highest BCUT2D eigenvalue weighted by Gasteiger charge is 2.34. The van der Waals surface area contributed by atoms with E-state index in [0.29, 0.717) is 24.4 Å². The number of likely N-dealkylation sites (tertiary alicyclic amines) is 1. The Labute approximate surface area is 207 Å². The SMILES string of the molecule is C=C[C@H](CCOc1ccc2ccc(=O)oc2c1)[C@H](C(=O)N1CCCCC1)c1nc2ccccc2s1. The molecule has 0 N–H and O–H groups in total. The van der Waals surface area contributed by atoms with Crippen molar-refractivity contribution in [3.8, 4) is 5.75 Å². The highest BCUT2D eigenvalue weighted by atomic mass is 32.1. The number of para-hydroxylation sites is 1. The van der Waals surface area contributed by atoms with Crippen molar-refractivity contribution in [3.63, 3.8) is 0 Å². The molecule has 1 aliphatic rings. The first kappa shape index (κ1) is 23.3. The first-order valence-corrected chi connectivity index (χ1v) is 12.9. The topological polar surface area (TPSA) is 72.6 Å². The van der Waals surface area contributed by atoms with E-state index in [0.717, 1.165) is 46.5 Å². The number of nitrogens with zero attached hydrogens (tertiary/aromatic N) is 2. The molecule has 2 atom stereocenters. The molecule has 2 aromatic heterocycles. The molecule has 0 aliphatic carbocycles. The van der Waals surface area contributed by atoms with Gasteiger partial charge in [0, 0.05) is 30.6 Å². The van der Waals surface area contributed by atoms with E-state index in [9.17, 15) is 9.59 Å². The molecule has 0 radical (unpaired) electrons. The van der Waals surface area contributed by atoms with Gasteiger partial charge in [-0.05, 0) is 61.9 Å². The number of hydrogen-bond donors (Lipinski definition) is 0. The second-order valence-electron chi connectivity index (χ2n) is 8.87. The molecule has 1 fully saturated rings. The first-order chi connectivity index (χ1) is 17.1. The number of thiazole rings is 1. The third-order valence-corrected chi connectivity index (χ3v) is 7.68.